The molecule has 1 aromatic rings. The molecule has 1 aromatic carbocycles. The van der Waals surface area contributed by atoms with Crippen LogP contribution in [0.4, 0.5) is 0 Å². The molecule has 0 aromatic heterocycles. The Hall–Kier alpha value is -6.91. The van der Waals surface area contributed by atoms with Crippen molar-refractivity contribution in [2.45, 2.75) is 153 Å². The van der Waals surface area contributed by atoms with Crippen molar-refractivity contribution in [1.82, 2.24) is 42.1 Å². The van der Waals surface area contributed by atoms with E-state index in [1.807, 2.05) is 45.0 Å². The number of nitrogens with one attached hydrogen (secondary N) is 8. The molecule has 22 N–H and O–H groups in total. The lowest BCUT2D eigenvalue weighted by atomic mass is 9.86. The first-order chi connectivity index (χ1) is 36.4. The third kappa shape index (κ3) is 23.5. The zero-order chi connectivity index (χ0) is 57.8. The summed E-state index contributed by atoms with van der Waals surface area (Å²) in [5, 5.41) is 45.0. The number of carboxylic acids is 1. The fourth-order valence-corrected chi connectivity index (χ4v) is 7.90. The van der Waals surface area contributed by atoms with E-state index in [0.29, 0.717) is 44.2 Å². The summed E-state index contributed by atoms with van der Waals surface area (Å²) in [6.45, 7) is 7.19. The number of aliphatic imine (C=N–C) groups is 1. The molecule has 0 spiro atoms. The van der Waals surface area contributed by atoms with E-state index >= 15 is 0 Å². The number of likely N-dealkylation sites (tertiary alicyclic amines) is 1. The zero-order valence-electron chi connectivity index (χ0n) is 44.8. The first-order valence-electron chi connectivity index (χ1n) is 25.9. The second-order valence-electron chi connectivity index (χ2n) is 19.7. The molecule has 1 fully saturated rings. The molecule has 0 saturated carbocycles. The van der Waals surface area contributed by atoms with Gasteiger partial charge in [-0.15, -0.1) is 0 Å². The molecule has 1 aliphatic rings. The van der Waals surface area contributed by atoms with E-state index in [0.717, 1.165) is 5.56 Å². The van der Waals surface area contributed by atoms with Crippen molar-refractivity contribution in [1.29, 1.82) is 5.41 Å². The third-order valence-corrected chi connectivity index (χ3v) is 12.4. The molecule has 2 rings (SSSR count). The molecule has 430 valence electrons. The number of rotatable bonds is 33. The fourth-order valence-electron chi connectivity index (χ4n) is 7.90. The van der Waals surface area contributed by atoms with Crippen LogP contribution in [-0.4, -0.2) is 168 Å². The van der Waals surface area contributed by atoms with Gasteiger partial charge in [-0.25, -0.2) is 9.79 Å². The minimum Gasteiger partial charge on any atom is -0.477 e. The average molecular weight is 1090 g/mol. The SMILES string of the molecule is C[C@H](NC(=O)[C@@H](NC(=O)[C@@H](N)CCCCN)[C@@H](O)CN)C(=O)NCC(=O)/N=C(\CCCN)C(=O)N1CCC[C@H]1C(=O)N[C@@H](Cc1ccc(C(C)(C)C)cc1)C(=O)N[C@@H](CCCCN)C(=O)N/C(=C\CCNC(=N)N)C(=O)O. The third-order valence-electron chi connectivity index (χ3n) is 12.4. The van der Waals surface area contributed by atoms with Crippen LogP contribution in [0.1, 0.15) is 109 Å². The summed E-state index contributed by atoms with van der Waals surface area (Å²) >= 11 is 0. The predicted octanol–water partition coefficient (Wildman–Crippen LogP) is -3.84. The summed E-state index contributed by atoms with van der Waals surface area (Å²) in [6.07, 6.45) is 2.66. The lowest BCUT2D eigenvalue weighted by Crippen LogP contribution is -2.60. The van der Waals surface area contributed by atoms with Gasteiger partial charge in [-0.3, -0.25) is 43.8 Å². The molecule has 1 heterocycles. The lowest BCUT2D eigenvalue weighted by Gasteiger charge is -2.28. The molecule has 0 unspecified atom stereocenters. The second-order valence-corrected chi connectivity index (χ2v) is 19.7. The van der Waals surface area contributed by atoms with Crippen LogP contribution in [0.3, 0.4) is 0 Å². The number of benzene rings is 1. The normalized spacial score (nSPS) is 16.1. The van der Waals surface area contributed by atoms with Gasteiger partial charge in [0.15, 0.2) is 5.96 Å². The standard InChI is InChI=1S/C50H84N16O11/c1-29(60-46(74)40(38(67)27-54)65-42(70)32(55)12-5-7-21-51)41(69)59-28-39(68)61-34(14-9-23-53)47(75)66-25-11-16-37(66)45(73)64-36(26-30-17-19-31(20-18-30)50(2,3)4)44(72)62-33(13-6-8-22-52)43(71)63-35(48(76)77)15-10-24-58-49(56)57/h15,17-20,29,32-33,36-38,40,67H,5-14,16,21-28,51-55H2,1-4H3,(H,59,69)(H,60,74)(H,62,72)(H,63,71)(H,64,73)(H,65,70)(H,76,77)(H4,56,57,58)/b35-15-,61-34+/t29-,32-,33-,36-,37-,38-,40-/m0/s1. The molecule has 0 bridgehead atoms. The van der Waals surface area contributed by atoms with E-state index < -0.39 is 114 Å². The fraction of sp³-hybridized carbons (Fsp3) is 0.620. The Labute approximate surface area is 449 Å². The van der Waals surface area contributed by atoms with E-state index in [1.54, 1.807) is 0 Å². The lowest BCUT2D eigenvalue weighted by molar-refractivity contribution is -0.137. The monoisotopic (exact) mass is 1080 g/mol. The number of carbonyl (C=O) groups excluding carboxylic acids is 8. The summed E-state index contributed by atoms with van der Waals surface area (Å²) in [5.41, 5.74) is 34.5. The number of unbranched alkanes of at least 4 members (excludes halogenated alkanes) is 2. The number of nitrogens with zero attached hydrogens (tertiary/aromatic N) is 2. The number of nitrogens with two attached hydrogens (primary N) is 6. The van der Waals surface area contributed by atoms with Gasteiger partial charge in [0.25, 0.3) is 11.8 Å². The maximum absolute atomic E-state index is 14.4. The van der Waals surface area contributed by atoms with Crippen molar-refractivity contribution < 1.29 is 53.4 Å². The second kappa shape index (κ2) is 34.0. The smallest absolute Gasteiger partial charge is 0.352 e. The van der Waals surface area contributed by atoms with Gasteiger partial charge >= 0.3 is 5.97 Å². The number of carboxylic acid groups (broad SMARTS) is 1. The summed E-state index contributed by atoms with van der Waals surface area (Å²) in [6, 6.07) is -0.248. The van der Waals surface area contributed by atoms with Crippen LogP contribution >= 0.6 is 0 Å². The van der Waals surface area contributed by atoms with Crippen molar-refractivity contribution in [3.05, 3.63) is 47.2 Å². The molecule has 8 amide bonds. The largest absolute Gasteiger partial charge is 0.477 e. The number of carbonyl (C=O) groups is 9. The summed E-state index contributed by atoms with van der Waals surface area (Å²) in [5.74, 6) is -8.41. The van der Waals surface area contributed by atoms with Gasteiger partial charge in [-0.1, -0.05) is 57.5 Å². The topological polar surface area (TPSA) is 474 Å². The number of aliphatic carboxylic acids is 1. The van der Waals surface area contributed by atoms with Crippen LogP contribution in [-0.2, 0) is 55.0 Å². The van der Waals surface area contributed by atoms with Gasteiger partial charge in [0.1, 0.15) is 41.6 Å². The Bertz CT molecular complexity index is 2240. The van der Waals surface area contributed by atoms with Gasteiger partial charge in [0.05, 0.1) is 18.7 Å². The van der Waals surface area contributed by atoms with Crippen LogP contribution in [0.2, 0.25) is 0 Å². The van der Waals surface area contributed by atoms with Gasteiger partial charge in [0.2, 0.25) is 35.4 Å². The van der Waals surface area contributed by atoms with Crippen LogP contribution in [0.25, 0.3) is 0 Å². The van der Waals surface area contributed by atoms with E-state index in [1.165, 1.54) is 17.9 Å². The molecule has 27 heteroatoms. The van der Waals surface area contributed by atoms with Crippen LogP contribution in [0.15, 0.2) is 41.0 Å². The molecular formula is C50H84N16O11. The minimum atomic E-state index is -1.57. The highest BCUT2D eigenvalue weighted by atomic mass is 16.4. The first-order valence-corrected chi connectivity index (χ1v) is 25.9. The maximum atomic E-state index is 14.4. The Balaban J connectivity index is 2.36. The van der Waals surface area contributed by atoms with Crippen LogP contribution in [0.5, 0.6) is 0 Å². The molecule has 0 aliphatic carbocycles. The number of aliphatic hydroxyl groups is 1. The Morgan fingerprint density at radius 1 is 0.805 bits per heavy atom. The molecule has 27 nitrogen and oxygen atoms in total. The molecular weight excluding hydrogens is 1000 g/mol. The Morgan fingerprint density at radius 3 is 2.03 bits per heavy atom. The van der Waals surface area contributed by atoms with Gasteiger partial charge < -0.3 is 86.7 Å². The molecule has 1 aliphatic heterocycles. The average Bonchev–Trinajstić information content (AvgIpc) is 3.88. The number of hydrogen-bond donors (Lipinski definition) is 16. The first kappa shape index (κ1) is 66.2. The van der Waals surface area contributed by atoms with E-state index in [2.05, 4.69) is 42.2 Å². The number of hydrogen-bond acceptors (Lipinski definition) is 16. The van der Waals surface area contributed by atoms with Crippen LogP contribution in [0, 0.1) is 5.41 Å². The Kier molecular flexibility index (Phi) is 29.2. The van der Waals surface area contributed by atoms with E-state index in [4.69, 9.17) is 39.8 Å². The Morgan fingerprint density at radius 2 is 1.44 bits per heavy atom. The zero-order valence-corrected chi connectivity index (χ0v) is 44.8. The minimum absolute atomic E-state index is 0.0522. The number of amides is 8. The number of guanidine groups is 1. The summed E-state index contributed by atoms with van der Waals surface area (Å²) < 4.78 is 0. The van der Waals surface area contributed by atoms with Gasteiger partial charge in [-0.2, -0.15) is 0 Å². The molecule has 0 radical (unpaired) electrons. The van der Waals surface area contributed by atoms with Crippen LogP contribution < -0.4 is 71.6 Å². The number of aliphatic hydroxyl groups excluding tert-OH is 1. The predicted molar refractivity (Wildman–Crippen MR) is 288 cm³/mol. The maximum Gasteiger partial charge on any atom is 0.352 e. The highest BCUT2D eigenvalue weighted by Gasteiger charge is 2.39. The van der Waals surface area contributed by atoms with Crippen molar-refractivity contribution >= 4 is 64.9 Å². The summed E-state index contributed by atoms with van der Waals surface area (Å²) in [7, 11) is 0. The van der Waals surface area contributed by atoms with E-state index in [-0.39, 0.29) is 88.2 Å². The summed E-state index contributed by atoms with van der Waals surface area (Å²) in [4.78, 5) is 126. The highest BCUT2D eigenvalue weighted by Crippen LogP contribution is 2.23. The van der Waals surface area contributed by atoms with E-state index in [9.17, 15) is 53.4 Å². The molecule has 1 saturated heterocycles. The van der Waals surface area contributed by atoms with Gasteiger partial charge in [-0.05, 0) is 107 Å². The highest BCUT2D eigenvalue weighted by molar-refractivity contribution is 6.40. The van der Waals surface area contributed by atoms with Crippen molar-refractivity contribution in [3.63, 3.8) is 0 Å². The van der Waals surface area contributed by atoms with Crippen molar-refractivity contribution in [2.24, 2.45) is 39.4 Å². The van der Waals surface area contributed by atoms with Crippen molar-refractivity contribution in [3.8, 4) is 0 Å². The molecule has 7 atom stereocenters. The molecule has 77 heavy (non-hydrogen) atoms. The van der Waals surface area contributed by atoms with Gasteiger partial charge in [0, 0.05) is 26.1 Å². The van der Waals surface area contributed by atoms with Crippen molar-refractivity contribution in [2.75, 3.05) is 45.8 Å². The quantitative estimate of drug-likeness (QED) is 0.0139.